The van der Waals surface area contributed by atoms with Crippen LogP contribution in [0.2, 0.25) is 0 Å². The number of phenols is 1. The molecule has 0 aromatic heterocycles. The molecule has 0 saturated carbocycles. The largest absolute Gasteiger partial charge is 0.508 e. The van der Waals surface area contributed by atoms with Crippen molar-refractivity contribution in [1.82, 2.24) is 26.2 Å². The fourth-order valence-corrected chi connectivity index (χ4v) is 5.10. The number of hydrogen-bond donors (Lipinski definition) is 8. The summed E-state index contributed by atoms with van der Waals surface area (Å²) in [5.74, 6) is -6.61. The highest BCUT2D eigenvalue weighted by atomic mass is 16.4. The van der Waals surface area contributed by atoms with Crippen LogP contribution in [0.25, 0.3) is 0 Å². The van der Waals surface area contributed by atoms with E-state index in [-0.39, 0.29) is 12.2 Å². The smallest absolute Gasteiger partial charge is 0.325 e. The molecule has 1 aromatic carbocycles. The van der Waals surface area contributed by atoms with Crippen LogP contribution in [0.15, 0.2) is 24.3 Å². The molecule has 260 valence electrons. The number of likely N-dealkylation sites (tertiary alicyclic amines) is 1. The maximum Gasteiger partial charge on any atom is 0.325 e. The van der Waals surface area contributed by atoms with E-state index in [9.17, 15) is 38.7 Å². The summed E-state index contributed by atoms with van der Waals surface area (Å²) >= 11 is 0. The number of carboxylic acids is 1. The molecule has 0 bridgehead atoms. The van der Waals surface area contributed by atoms with Crippen LogP contribution in [0.4, 0.5) is 0 Å². The number of carbonyl (C=O) groups is 7. The van der Waals surface area contributed by atoms with E-state index in [2.05, 4.69) is 21.3 Å². The van der Waals surface area contributed by atoms with E-state index in [1.165, 1.54) is 24.0 Å². The Hall–Kier alpha value is -4.73. The molecule has 0 aliphatic carbocycles. The first-order chi connectivity index (χ1) is 21.9. The Bertz CT molecular complexity index is 1320. The number of carbonyl (C=O) groups excluding carboxylic acids is 6. The number of nitrogens with one attached hydrogen (secondary N) is 4. The van der Waals surface area contributed by atoms with Crippen molar-refractivity contribution in [2.45, 2.75) is 96.6 Å². The topological polar surface area (TPSA) is 263 Å². The van der Waals surface area contributed by atoms with E-state index in [0.29, 0.717) is 19.4 Å². The number of nitrogens with zero attached hydrogens (tertiary/aromatic N) is 1. The van der Waals surface area contributed by atoms with E-state index in [4.69, 9.17) is 16.6 Å². The van der Waals surface area contributed by atoms with Crippen LogP contribution in [0.5, 0.6) is 5.75 Å². The summed E-state index contributed by atoms with van der Waals surface area (Å²) < 4.78 is 0. The third kappa shape index (κ3) is 11.2. The average Bonchev–Trinajstić information content (AvgIpc) is 3.48. The van der Waals surface area contributed by atoms with Gasteiger partial charge in [-0.1, -0.05) is 39.8 Å². The van der Waals surface area contributed by atoms with Gasteiger partial charge < -0.3 is 47.8 Å². The number of phenolic OH excluding ortho intramolecular Hbond substituents is 1. The van der Waals surface area contributed by atoms with Gasteiger partial charge in [0.1, 0.15) is 36.0 Å². The second kappa shape index (κ2) is 17.3. The fraction of sp³-hybridized carbons (Fsp3) is 0.581. The van der Waals surface area contributed by atoms with Gasteiger partial charge in [0.2, 0.25) is 35.4 Å². The third-order valence-corrected chi connectivity index (χ3v) is 7.81. The molecule has 6 amide bonds. The van der Waals surface area contributed by atoms with E-state index >= 15 is 0 Å². The number of amides is 6. The van der Waals surface area contributed by atoms with Crippen molar-refractivity contribution in [3.63, 3.8) is 0 Å². The Balaban J connectivity index is 2.13. The molecule has 6 atom stereocenters. The summed E-state index contributed by atoms with van der Waals surface area (Å²) in [4.78, 5) is 90.2. The molecule has 0 radical (unpaired) electrons. The number of aromatic hydroxyl groups is 1. The highest BCUT2D eigenvalue weighted by Gasteiger charge is 2.39. The van der Waals surface area contributed by atoms with Gasteiger partial charge in [-0.05, 0) is 55.7 Å². The Morgan fingerprint density at radius 1 is 0.851 bits per heavy atom. The van der Waals surface area contributed by atoms with Crippen LogP contribution in [0.3, 0.4) is 0 Å². The fourth-order valence-electron chi connectivity index (χ4n) is 5.10. The molecule has 1 saturated heterocycles. The summed E-state index contributed by atoms with van der Waals surface area (Å²) in [5.41, 5.74) is 12.2. The number of primary amides is 1. The van der Waals surface area contributed by atoms with Crippen molar-refractivity contribution < 1.29 is 43.8 Å². The molecule has 2 rings (SSSR count). The normalized spacial score (nSPS) is 17.6. The standard InChI is InChI=1S/C31H47N7O9/c1-15(2)24(28(43)35-21(14-23(33)40)26(41)34-17(5)31(46)47)37-29(44)25(16(3)4)36-27(42)22-7-6-12-38(22)30(45)20(32)13-18-8-10-19(39)11-9-18/h8-11,15-17,20-22,24-25,39H,6-7,12-14,32H2,1-5H3,(H2,33,40)(H,34,41)(H,35,43)(H,36,42)(H,37,44)(H,46,47)/t17-,20-,21-,22-,24-,25-/m0/s1. The predicted molar refractivity (Wildman–Crippen MR) is 169 cm³/mol. The summed E-state index contributed by atoms with van der Waals surface area (Å²) in [6, 6.07) is -0.671. The SMILES string of the molecule is CC(C)[C@H](NC(=O)[C@@H](NC(=O)[C@@H]1CCCN1C(=O)[C@@H](N)Cc1ccc(O)cc1)C(C)C)C(=O)N[C@@H](CC(N)=O)C(=O)N[C@@H](C)C(=O)O. The number of nitrogens with two attached hydrogens (primary N) is 2. The van der Waals surface area contributed by atoms with Gasteiger partial charge in [0.05, 0.1) is 12.5 Å². The zero-order valence-corrected chi connectivity index (χ0v) is 27.3. The number of aliphatic carboxylic acids is 1. The van der Waals surface area contributed by atoms with Crippen LogP contribution in [0, 0.1) is 11.8 Å². The van der Waals surface area contributed by atoms with Gasteiger partial charge in [0, 0.05) is 6.54 Å². The third-order valence-electron chi connectivity index (χ3n) is 7.81. The van der Waals surface area contributed by atoms with Gasteiger partial charge in [0.25, 0.3) is 0 Å². The molecule has 1 aliphatic heterocycles. The minimum atomic E-state index is -1.51. The van der Waals surface area contributed by atoms with Gasteiger partial charge in [-0.3, -0.25) is 33.6 Å². The van der Waals surface area contributed by atoms with Gasteiger partial charge in [-0.25, -0.2) is 0 Å². The van der Waals surface area contributed by atoms with Gasteiger partial charge >= 0.3 is 5.97 Å². The van der Waals surface area contributed by atoms with Gasteiger partial charge in [-0.2, -0.15) is 0 Å². The van der Waals surface area contributed by atoms with Crippen LogP contribution >= 0.6 is 0 Å². The molecule has 1 aromatic rings. The minimum Gasteiger partial charge on any atom is -0.508 e. The van der Waals surface area contributed by atoms with Crippen molar-refractivity contribution in [1.29, 1.82) is 0 Å². The molecule has 16 nitrogen and oxygen atoms in total. The maximum atomic E-state index is 13.5. The maximum absolute atomic E-state index is 13.5. The highest BCUT2D eigenvalue weighted by Crippen LogP contribution is 2.20. The van der Waals surface area contributed by atoms with Crippen molar-refractivity contribution in [2.24, 2.45) is 23.3 Å². The molecule has 1 fully saturated rings. The number of rotatable bonds is 16. The van der Waals surface area contributed by atoms with E-state index in [1.807, 2.05) is 0 Å². The molecular weight excluding hydrogens is 614 g/mol. The number of benzene rings is 1. The van der Waals surface area contributed by atoms with E-state index < -0.39 is 95.9 Å². The Morgan fingerprint density at radius 3 is 1.94 bits per heavy atom. The van der Waals surface area contributed by atoms with Gasteiger partial charge in [-0.15, -0.1) is 0 Å². The minimum absolute atomic E-state index is 0.0799. The Labute approximate surface area is 273 Å². The Kier molecular flexibility index (Phi) is 14.1. The first kappa shape index (κ1) is 38.5. The summed E-state index contributed by atoms with van der Waals surface area (Å²) in [6.45, 7) is 8.15. The van der Waals surface area contributed by atoms with Crippen LogP contribution in [0.1, 0.15) is 59.4 Å². The molecule has 0 spiro atoms. The van der Waals surface area contributed by atoms with Crippen LogP contribution in [-0.4, -0.2) is 99.3 Å². The first-order valence-corrected chi connectivity index (χ1v) is 15.5. The molecular formula is C31H47N7O9. The lowest BCUT2D eigenvalue weighted by Gasteiger charge is -2.31. The quantitative estimate of drug-likeness (QED) is 0.101. The predicted octanol–water partition coefficient (Wildman–Crippen LogP) is -1.52. The van der Waals surface area contributed by atoms with Crippen molar-refractivity contribution in [3.05, 3.63) is 29.8 Å². The average molecular weight is 662 g/mol. The zero-order chi connectivity index (χ0) is 35.6. The molecule has 1 aliphatic rings. The van der Waals surface area contributed by atoms with Crippen LogP contribution in [-0.2, 0) is 40.0 Å². The lowest BCUT2D eigenvalue weighted by molar-refractivity contribution is -0.142. The Morgan fingerprint density at radius 2 is 1.40 bits per heavy atom. The highest BCUT2D eigenvalue weighted by molar-refractivity contribution is 5.97. The van der Waals surface area contributed by atoms with E-state index in [1.54, 1.807) is 39.8 Å². The molecule has 10 N–H and O–H groups in total. The number of hydrogen-bond acceptors (Lipinski definition) is 9. The van der Waals surface area contributed by atoms with Crippen molar-refractivity contribution in [3.8, 4) is 5.75 Å². The summed E-state index contributed by atoms with van der Waals surface area (Å²) in [5, 5.41) is 28.4. The second-order valence-corrected chi connectivity index (χ2v) is 12.4. The monoisotopic (exact) mass is 661 g/mol. The molecule has 1 heterocycles. The second-order valence-electron chi connectivity index (χ2n) is 12.4. The summed E-state index contributed by atoms with van der Waals surface area (Å²) in [7, 11) is 0. The number of carboxylic acid groups (broad SMARTS) is 1. The lowest BCUT2D eigenvalue weighted by Crippen LogP contribution is -2.61. The lowest BCUT2D eigenvalue weighted by atomic mass is 9.98. The molecule has 47 heavy (non-hydrogen) atoms. The molecule has 16 heteroatoms. The van der Waals surface area contributed by atoms with Gasteiger partial charge in [0.15, 0.2) is 0 Å². The first-order valence-electron chi connectivity index (χ1n) is 15.5. The summed E-state index contributed by atoms with van der Waals surface area (Å²) in [6.07, 6.45) is 0.481. The van der Waals surface area contributed by atoms with Crippen molar-refractivity contribution >= 4 is 41.4 Å². The molecule has 0 unspecified atom stereocenters. The van der Waals surface area contributed by atoms with Crippen molar-refractivity contribution in [2.75, 3.05) is 6.54 Å². The van der Waals surface area contributed by atoms with E-state index in [0.717, 1.165) is 5.56 Å². The van der Waals surface area contributed by atoms with Crippen LogP contribution < -0.4 is 32.7 Å². The zero-order valence-electron chi connectivity index (χ0n) is 27.3.